The zero-order valence-electron chi connectivity index (χ0n) is 11.7. The Balaban J connectivity index is 3.74. The zero-order chi connectivity index (χ0) is 12.1. The van der Waals surface area contributed by atoms with Gasteiger partial charge in [-0.1, -0.05) is 34.6 Å². The number of rotatable bonds is 6. The van der Waals surface area contributed by atoms with Crippen LogP contribution in [0, 0.1) is 11.3 Å². The highest BCUT2D eigenvalue weighted by molar-refractivity contribution is 4.72. The van der Waals surface area contributed by atoms with Crippen molar-refractivity contribution in [2.75, 3.05) is 26.7 Å². The Morgan fingerprint density at radius 2 is 1.60 bits per heavy atom. The fraction of sp³-hybridized carbons (Fsp3) is 1.00. The van der Waals surface area contributed by atoms with Gasteiger partial charge in [-0.2, -0.15) is 0 Å². The third-order valence-electron chi connectivity index (χ3n) is 2.47. The SMILES string of the molecule is CC(C)CNCC(C)N(C)CC(C)(C)C. The molecule has 0 aliphatic rings. The van der Waals surface area contributed by atoms with Crippen molar-refractivity contribution in [2.24, 2.45) is 11.3 Å². The molecule has 0 aliphatic carbocycles. The predicted molar refractivity (Wildman–Crippen MR) is 69.3 cm³/mol. The summed E-state index contributed by atoms with van der Waals surface area (Å²) in [7, 11) is 2.22. The Kier molecular flexibility index (Phi) is 6.46. The molecule has 0 radical (unpaired) electrons. The third kappa shape index (κ3) is 8.88. The van der Waals surface area contributed by atoms with Gasteiger partial charge in [0.25, 0.3) is 0 Å². The minimum absolute atomic E-state index is 0.390. The minimum atomic E-state index is 0.390. The van der Waals surface area contributed by atoms with Gasteiger partial charge in [-0.3, -0.25) is 0 Å². The molecule has 0 bridgehead atoms. The lowest BCUT2D eigenvalue weighted by molar-refractivity contribution is 0.178. The van der Waals surface area contributed by atoms with E-state index in [1.54, 1.807) is 0 Å². The van der Waals surface area contributed by atoms with Gasteiger partial charge < -0.3 is 10.2 Å². The number of hydrogen-bond acceptors (Lipinski definition) is 2. The summed E-state index contributed by atoms with van der Waals surface area (Å²) in [5, 5.41) is 3.51. The molecular formula is C13H30N2. The van der Waals surface area contributed by atoms with E-state index in [0.29, 0.717) is 11.5 Å². The van der Waals surface area contributed by atoms with E-state index in [1.165, 1.54) is 0 Å². The summed E-state index contributed by atoms with van der Waals surface area (Å²) in [6.45, 7) is 17.0. The van der Waals surface area contributed by atoms with Crippen molar-refractivity contribution in [1.29, 1.82) is 0 Å². The summed E-state index contributed by atoms with van der Waals surface area (Å²) in [4.78, 5) is 2.44. The molecule has 0 saturated heterocycles. The Morgan fingerprint density at radius 1 is 1.07 bits per heavy atom. The maximum absolute atomic E-state index is 3.51. The Labute approximate surface area is 96.4 Å². The quantitative estimate of drug-likeness (QED) is 0.731. The average molecular weight is 214 g/mol. The summed E-state index contributed by atoms with van der Waals surface area (Å²) in [5.41, 5.74) is 0.390. The largest absolute Gasteiger partial charge is 0.315 e. The fourth-order valence-electron chi connectivity index (χ4n) is 1.64. The van der Waals surface area contributed by atoms with Crippen LogP contribution in [-0.2, 0) is 0 Å². The molecule has 0 saturated carbocycles. The first-order valence-electron chi connectivity index (χ1n) is 6.13. The van der Waals surface area contributed by atoms with Crippen LogP contribution in [0.2, 0.25) is 0 Å². The molecule has 1 atom stereocenters. The molecule has 2 nitrogen and oxygen atoms in total. The van der Waals surface area contributed by atoms with E-state index in [-0.39, 0.29) is 0 Å². The van der Waals surface area contributed by atoms with Crippen LogP contribution in [-0.4, -0.2) is 37.6 Å². The maximum atomic E-state index is 3.51. The summed E-state index contributed by atoms with van der Waals surface area (Å²) >= 11 is 0. The summed E-state index contributed by atoms with van der Waals surface area (Å²) < 4.78 is 0. The van der Waals surface area contributed by atoms with Gasteiger partial charge >= 0.3 is 0 Å². The van der Waals surface area contributed by atoms with E-state index in [2.05, 4.69) is 58.8 Å². The van der Waals surface area contributed by atoms with Gasteiger partial charge in [0.15, 0.2) is 0 Å². The molecule has 0 heterocycles. The molecule has 2 heteroatoms. The second kappa shape index (κ2) is 6.49. The van der Waals surface area contributed by atoms with Crippen LogP contribution in [0.4, 0.5) is 0 Å². The molecule has 0 aromatic carbocycles. The first-order valence-corrected chi connectivity index (χ1v) is 6.13. The Hall–Kier alpha value is -0.0800. The average Bonchev–Trinajstić information content (AvgIpc) is 1.99. The van der Waals surface area contributed by atoms with Crippen molar-refractivity contribution < 1.29 is 0 Å². The van der Waals surface area contributed by atoms with E-state index in [4.69, 9.17) is 0 Å². The molecule has 0 aromatic rings. The maximum Gasteiger partial charge on any atom is 0.0189 e. The molecular weight excluding hydrogens is 184 g/mol. The zero-order valence-corrected chi connectivity index (χ0v) is 11.7. The number of likely N-dealkylation sites (N-methyl/N-ethyl adjacent to an activating group) is 1. The molecule has 0 aromatic heterocycles. The van der Waals surface area contributed by atoms with Gasteiger partial charge in [0.05, 0.1) is 0 Å². The van der Waals surface area contributed by atoms with Gasteiger partial charge in [-0.15, -0.1) is 0 Å². The summed E-state index contributed by atoms with van der Waals surface area (Å²) in [6, 6.07) is 0.614. The third-order valence-corrected chi connectivity index (χ3v) is 2.47. The van der Waals surface area contributed by atoms with Crippen LogP contribution in [0.15, 0.2) is 0 Å². The van der Waals surface area contributed by atoms with E-state index in [1.807, 2.05) is 0 Å². The highest BCUT2D eigenvalue weighted by atomic mass is 15.1. The first-order chi connectivity index (χ1) is 6.72. The number of nitrogens with one attached hydrogen (secondary N) is 1. The number of hydrogen-bond donors (Lipinski definition) is 1. The lowest BCUT2D eigenvalue weighted by Crippen LogP contribution is -2.42. The molecule has 92 valence electrons. The second-order valence-electron chi connectivity index (χ2n) is 6.38. The lowest BCUT2D eigenvalue weighted by Gasteiger charge is -2.31. The highest BCUT2D eigenvalue weighted by Crippen LogP contribution is 2.15. The fourth-order valence-corrected chi connectivity index (χ4v) is 1.64. The van der Waals surface area contributed by atoms with Crippen LogP contribution in [0.1, 0.15) is 41.5 Å². The Bertz CT molecular complexity index is 158. The van der Waals surface area contributed by atoms with E-state index in [9.17, 15) is 0 Å². The van der Waals surface area contributed by atoms with Gasteiger partial charge in [0, 0.05) is 19.1 Å². The van der Waals surface area contributed by atoms with E-state index in [0.717, 1.165) is 25.6 Å². The minimum Gasteiger partial charge on any atom is -0.315 e. The topological polar surface area (TPSA) is 15.3 Å². The molecule has 0 aliphatic heterocycles. The van der Waals surface area contributed by atoms with Crippen LogP contribution in [0.25, 0.3) is 0 Å². The van der Waals surface area contributed by atoms with Crippen molar-refractivity contribution in [3.63, 3.8) is 0 Å². The molecule has 15 heavy (non-hydrogen) atoms. The van der Waals surface area contributed by atoms with Gasteiger partial charge in [0.1, 0.15) is 0 Å². The Morgan fingerprint density at radius 3 is 2.00 bits per heavy atom. The van der Waals surface area contributed by atoms with Crippen LogP contribution < -0.4 is 5.32 Å². The molecule has 1 unspecified atom stereocenters. The summed E-state index contributed by atoms with van der Waals surface area (Å²) in [6.07, 6.45) is 0. The van der Waals surface area contributed by atoms with E-state index < -0.39 is 0 Å². The highest BCUT2D eigenvalue weighted by Gasteiger charge is 2.17. The lowest BCUT2D eigenvalue weighted by atomic mass is 9.95. The van der Waals surface area contributed by atoms with Crippen molar-refractivity contribution in [1.82, 2.24) is 10.2 Å². The van der Waals surface area contributed by atoms with E-state index >= 15 is 0 Å². The van der Waals surface area contributed by atoms with Crippen molar-refractivity contribution >= 4 is 0 Å². The molecule has 0 amide bonds. The standard InChI is InChI=1S/C13H30N2/c1-11(2)8-14-9-12(3)15(7)10-13(4,5)6/h11-12,14H,8-10H2,1-7H3. The monoisotopic (exact) mass is 214 g/mol. The normalized spacial score (nSPS) is 15.0. The van der Waals surface area contributed by atoms with Crippen LogP contribution in [0.5, 0.6) is 0 Å². The van der Waals surface area contributed by atoms with Gasteiger partial charge in [-0.25, -0.2) is 0 Å². The predicted octanol–water partition coefficient (Wildman–Crippen LogP) is 2.60. The summed E-state index contributed by atoms with van der Waals surface area (Å²) in [5.74, 6) is 0.741. The second-order valence-corrected chi connectivity index (χ2v) is 6.38. The van der Waals surface area contributed by atoms with Crippen LogP contribution >= 0.6 is 0 Å². The van der Waals surface area contributed by atoms with Gasteiger partial charge in [0.2, 0.25) is 0 Å². The molecule has 0 spiro atoms. The molecule has 0 rings (SSSR count). The van der Waals surface area contributed by atoms with Crippen molar-refractivity contribution in [3.05, 3.63) is 0 Å². The van der Waals surface area contributed by atoms with Crippen LogP contribution in [0.3, 0.4) is 0 Å². The molecule has 1 N–H and O–H groups in total. The molecule has 0 fully saturated rings. The first kappa shape index (κ1) is 14.9. The van der Waals surface area contributed by atoms with Crippen molar-refractivity contribution in [3.8, 4) is 0 Å². The number of nitrogens with zero attached hydrogens (tertiary/aromatic N) is 1. The van der Waals surface area contributed by atoms with Gasteiger partial charge in [-0.05, 0) is 31.8 Å². The van der Waals surface area contributed by atoms with Crippen molar-refractivity contribution in [2.45, 2.75) is 47.6 Å². The smallest absolute Gasteiger partial charge is 0.0189 e.